The normalized spacial score (nSPS) is 13.8. The van der Waals surface area contributed by atoms with Crippen molar-refractivity contribution in [2.75, 3.05) is 29.9 Å². The molecule has 1 aliphatic rings. The van der Waals surface area contributed by atoms with Crippen LogP contribution in [0.25, 0.3) is 0 Å². The molecule has 1 aromatic carbocycles. The van der Waals surface area contributed by atoms with Crippen LogP contribution in [0.4, 0.5) is 11.6 Å². The molecule has 25 heavy (non-hydrogen) atoms. The molecule has 1 N–H and O–H groups in total. The molecule has 0 bridgehead atoms. The second-order valence-corrected chi connectivity index (χ2v) is 6.49. The lowest BCUT2D eigenvalue weighted by atomic mass is 10.3. The molecule has 0 saturated carbocycles. The summed E-state index contributed by atoms with van der Waals surface area (Å²) >= 11 is 5.82. The third kappa shape index (κ3) is 4.39. The van der Waals surface area contributed by atoms with Gasteiger partial charge >= 0.3 is 0 Å². The maximum absolute atomic E-state index is 12.2. The van der Waals surface area contributed by atoms with Crippen LogP contribution in [0.2, 0.25) is 5.02 Å². The number of amides is 1. The van der Waals surface area contributed by atoms with Crippen molar-refractivity contribution in [3.05, 3.63) is 40.7 Å². The van der Waals surface area contributed by atoms with E-state index in [-0.39, 0.29) is 12.5 Å². The van der Waals surface area contributed by atoms with Crippen LogP contribution in [0.15, 0.2) is 24.3 Å². The van der Waals surface area contributed by atoms with E-state index in [1.54, 1.807) is 24.3 Å². The molecule has 2 heterocycles. The number of aromatic nitrogens is 2. The maximum atomic E-state index is 12.2. The summed E-state index contributed by atoms with van der Waals surface area (Å²) in [5.41, 5.74) is 2.16. The Hall–Kier alpha value is -2.34. The molecular weight excluding hydrogens is 340 g/mol. The van der Waals surface area contributed by atoms with Crippen LogP contribution in [-0.2, 0) is 4.79 Å². The van der Waals surface area contributed by atoms with E-state index in [1.807, 2.05) is 13.8 Å². The Kier molecular flexibility index (Phi) is 5.38. The summed E-state index contributed by atoms with van der Waals surface area (Å²) in [6.45, 7) is 5.64. The first kappa shape index (κ1) is 17.5. The van der Waals surface area contributed by atoms with E-state index in [4.69, 9.17) is 16.3 Å². The summed E-state index contributed by atoms with van der Waals surface area (Å²) in [7, 11) is 0. The van der Waals surface area contributed by atoms with E-state index < -0.39 is 0 Å². The highest BCUT2D eigenvalue weighted by atomic mass is 35.5. The van der Waals surface area contributed by atoms with Gasteiger partial charge in [0.2, 0.25) is 5.95 Å². The molecule has 2 aromatic rings. The van der Waals surface area contributed by atoms with Gasteiger partial charge in [-0.1, -0.05) is 11.6 Å². The van der Waals surface area contributed by atoms with Crippen LogP contribution in [0.5, 0.6) is 5.75 Å². The van der Waals surface area contributed by atoms with Crippen molar-refractivity contribution >= 4 is 29.1 Å². The van der Waals surface area contributed by atoms with Crippen molar-refractivity contribution in [2.45, 2.75) is 26.7 Å². The zero-order valence-corrected chi connectivity index (χ0v) is 15.1. The summed E-state index contributed by atoms with van der Waals surface area (Å²) < 4.78 is 5.46. The number of anilines is 2. The molecule has 0 aliphatic carbocycles. The quantitative estimate of drug-likeness (QED) is 0.885. The molecule has 3 rings (SSSR count). The molecule has 0 spiro atoms. The number of nitrogens with one attached hydrogen (secondary N) is 1. The molecule has 1 amide bonds. The summed E-state index contributed by atoms with van der Waals surface area (Å²) in [6, 6.07) is 6.88. The van der Waals surface area contributed by atoms with Gasteiger partial charge < -0.3 is 15.0 Å². The van der Waals surface area contributed by atoms with Gasteiger partial charge in [0.15, 0.2) is 6.61 Å². The second kappa shape index (κ2) is 7.70. The molecular formula is C18H21ClN4O2. The predicted molar refractivity (Wildman–Crippen MR) is 98.5 cm³/mol. The summed E-state index contributed by atoms with van der Waals surface area (Å²) in [5, 5.41) is 3.47. The van der Waals surface area contributed by atoms with Crippen LogP contribution in [0, 0.1) is 13.8 Å². The zero-order valence-electron chi connectivity index (χ0n) is 14.4. The molecule has 132 valence electrons. The van der Waals surface area contributed by atoms with E-state index in [1.165, 1.54) is 12.8 Å². The fraction of sp³-hybridized carbons (Fsp3) is 0.389. The van der Waals surface area contributed by atoms with Gasteiger partial charge in [-0.05, 0) is 51.0 Å². The number of carbonyl (C=O) groups is 1. The second-order valence-electron chi connectivity index (χ2n) is 6.05. The maximum Gasteiger partial charge on any atom is 0.262 e. The fourth-order valence-electron chi connectivity index (χ4n) is 2.79. The molecule has 1 fully saturated rings. The first-order chi connectivity index (χ1) is 12.0. The first-order valence-corrected chi connectivity index (χ1v) is 8.69. The van der Waals surface area contributed by atoms with Crippen LogP contribution in [0.1, 0.15) is 24.2 Å². The van der Waals surface area contributed by atoms with Gasteiger partial charge in [-0.25, -0.2) is 9.97 Å². The molecule has 1 saturated heterocycles. The highest BCUT2D eigenvalue weighted by molar-refractivity contribution is 6.30. The lowest BCUT2D eigenvalue weighted by Gasteiger charge is -2.18. The molecule has 6 nitrogen and oxygen atoms in total. The topological polar surface area (TPSA) is 67.4 Å². The molecule has 1 aromatic heterocycles. The van der Waals surface area contributed by atoms with Crippen LogP contribution in [0.3, 0.4) is 0 Å². The van der Waals surface area contributed by atoms with Gasteiger partial charge in [0.25, 0.3) is 5.91 Å². The number of aryl methyl sites for hydroxylation is 2. The Bertz CT molecular complexity index is 735. The number of hydrogen-bond donors (Lipinski definition) is 1. The van der Waals surface area contributed by atoms with E-state index >= 15 is 0 Å². The van der Waals surface area contributed by atoms with Crippen LogP contribution >= 0.6 is 11.6 Å². The highest BCUT2D eigenvalue weighted by Gasteiger charge is 2.18. The molecule has 0 radical (unpaired) electrons. The Morgan fingerprint density at radius 1 is 1.16 bits per heavy atom. The number of ether oxygens (including phenoxy) is 1. The standard InChI is InChI=1S/C18H21ClN4O2/c1-12-17(13(2)21-18(20-12)23-9-3-4-10-23)22-16(24)11-25-15-7-5-14(19)6-8-15/h5-8H,3-4,9-11H2,1-2H3,(H,22,24). The van der Waals surface area contributed by atoms with Crippen molar-refractivity contribution in [1.82, 2.24) is 9.97 Å². The van der Waals surface area contributed by atoms with Crippen molar-refractivity contribution in [3.63, 3.8) is 0 Å². The van der Waals surface area contributed by atoms with E-state index in [9.17, 15) is 4.79 Å². The van der Waals surface area contributed by atoms with Crippen molar-refractivity contribution < 1.29 is 9.53 Å². The minimum absolute atomic E-state index is 0.0889. The number of carbonyl (C=O) groups excluding carboxylic acids is 1. The van der Waals surface area contributed by atoms with E-state index in [0.29, 0.717) is 16.5 Å². The van der Waals surface area contributed by atoms with Crippen molar-refractivity contribution in [1.29, 1.82) is 0 Å². The van der Waals surface area contributed by atoms with Crippen molar-refractivity contribution in [2.24, 2.45) is 0 Å². The van der Waals surface area contributed by atoms with Gasteiger partial charge in [-0.3, -0.25) is 4.79 Å². The van der Waals surface area contributed by atoms with E-state index in [0.717, 1.165) is 30.4 Å². The average Bonchev–Trinajstić information content (AvgIpc) is 3.12. The van der Waals surface area contributed by atoms with Gasteiger partial charge in [0.1, 0.15) is 5.75 Å². The SMILES string of the molecule is Cc1nc(N2CCCC2)nc(C)c1NC(=O)COc1ccc(Cl)cc1. The lowest BCUT2D eigenvalue weighted by Crippen LogP contribution is -2.24. The van der Waals surface area contributed by atoms with Gasteiger partial charge in [-0.2, -0.15) is 0 Å². The van der Waals surface area contributed by atoms with Crippen LogP contribution < -0.4 is 15.0 Å². The highest BCUT2D eigenvalue weighted by Crippen LogP contribution is 2.23. The average molecular weight is 361 g/mol. The number of rotatable bonds is 5. The monoisotopic (exact) mass is 360 g/mol. The Balaban J connectivity index is 1.63. The van der Waals surface area contributed by atoms with Crippen LogP contribution in [-0.4, -0.2) is 35.6 Å². The summed E-state index contributed by atoms with van der Waals surface area (Å²) in [5.74, 6) is 1.08. The zero-order chi connectivity index (χ0) is 17.8. The molecule has 1 aliphatic heterocycles. The largest absolute Gasteiger partial charge is 0.484 e. The Morgan fingerprint density at radius 3 is 2.36 bits per heavy atom. The molecule has 0 atom stereocenters. The summed E-state index contributed by atoms with van der Waals surface area (Å²) in [4.78, 5) is 23.4. The third-order valence-corrected chi connectivity index (χ3v) is 4.35. The van der Waals surface area contributed by atoms with Crippen molar-refractivity contribution in [3.8, 4) is 5.75 Å². The number of halogens is 1. The molecule has 0 unspecified atom stereocenters. The molecule has 7 heteroatoms. The number of benzene rings is 1. The number of nitrogens with zero attached hydrogens (tertiary/aromatic N) is 3. The minimum Gasteiger partial charge on any atom is -0.484 e. The predicted octanol–water partition coefficient (Wildman–Crippen LogP) is 3.36. The van der Waals surface area contributed by atoms with Gasteiger partial charge in [0, 0.05) is 18.1 Å². The van der Waals surface area contributed by atoms with E-state index in [2.05, 4.69) is 20.2 Å². The lowest BCUT2D eigenvalue weighted by molar-refractivity contribution is -0.118. The summed E-state index contributed by atoms with van der Waals surface area (Å²) in [6.07, 6.45) is 2.34. The van der Waals surface area contributed by atoms with Gasteiger partial charge in [0.05, 0.1) is 17.1 Å². The Morgan fingerprint density at radius 2 is 1.76 bits per heavy atom. The van der Waals surface area contributed by atoms with Gasteiger partial charge in [-0.15, -0.1) is 0 Å². The Labute approximate surface area is 152 Å². The number of hydrogen-bond acceptors (Lipinski definition) is 5. The fourth-order valence-corrected chi connectivity index (χ4v) is 2.92. The first-order valence-electron chi connectivity index (χ1n) is 8.31. The minimum atomic E-state index is -0.251. The smallest absolute Gasteiger partial charge is 0.262 e. The third-order valence-electron chi connectivity index (χ3n) is 4.10.